The Bertz CT molecular complexity index is 1020. The highest BCUT2D eigenvalue weighted by Crippen LogP contribution is 2.30. The molecule has 2 aromatic carbocycles. The molecule has 0 aromatic heterocycles. The summed E-state index contributed by atoms with van der Waals surface area (Å²) in [6.45, 7) is 1.82. The summed E-state index contributed by atoms with van der Waals surface area (Å²) in [6, 6.07) is 8.44. The maximum absolute atomic E-state index is 14.8. The summed E-state index contributed by atoms with van der Waals surface area (Å²) in [5.41, 5.74) is 0.467. The molecule has 5 atom stereocenters. The van der Waals surface area contributed by atoms with Crippen LogP contribution in [0.1, 0.15) is 55.8 Å². The summed E-state index contributed by atoms with van der Waals surface area (Å²) in [5.74, 6) is -2.96. The minimum atomic E-state index is -1.63. The first-order valence-corrected chi connectivity index (χ1v) is 12.6. The van der Waals surface area contributed by atoms with Crippen LogP contribution in [0.4, 0.5) is 8.78 Å². The number of carbonyl (C=O) groups is 1. The van der Waals surface area contributed by atoms with Gasteiger partial charge in [-0.05, 0) is 36.2 Å². The third kappa shape index (κ3) is 7.24. The fourth-order valence-corrected chi connectivity index (χ4v) is 4.17. The van der Waals surface area contributed by atoms with Crippen LogP contribution in [0.2, 0.25) is 0 Å². The number of hydrogen-bond acceptors (Lipinski definition) is 7. The number of carbonyl (C=O) groups excluding carboxylic acids is 1. The van der Waals surface area contributed by atoms with Crippen molar-refractivity contribution in [3.8, 4) is 16.9 Å². The van der Waals surface area contributed by atoms with Gasteiger partial charge in [-0.25, -0.2) is 4.39 Å². The van der Waals surface area contributed by atoms with E-state index in [0.29, 0.717) is 12.2 Å². The quantitative estimate of drug-likeness (QED) is 0.271. The van der Waals surface area contributed by atoms with Crippen molar-refractivity contribution in [2.75, 3.05) is 13.2 Å². The third-order valence-corrected chi connectivity index (χ3v) is 6.43. The molecule has 204 valence electrons. The minimum Gasteiger partial charge on any atom is -0.490 e. The van der Waals surface area contributed by atoms with Crippen molar-refractivity contribution in [1.82, 2.24) is 5.32 Å². The molecular weight excluding hydrogens is 488 g/mol. The summed E-state index contributed by atoms with van der Waals surface area (Å²) >= 11 is 0. The van der Waals surface area contributed by atoms with Crippen molar-refractivity contribution in [3.05, 3.63) is 53.6 Å². The second kappa shape index (κ2) is 13.8. The molecule has 8 nitrogen and oxygen atoms in total. The average Bonchev–Trinajstić information content (AvgIpc) is 2.91. The zero-order valence-electron chi connectivity index (χ0n) is 20.8. The smallest absolute Gasteiger partial charge is 0.253 e. The summed E-state index contributed by atoms with van der Waals surface area (Å²) in [5, 5.41) is 41.4. The second-order valence-corrected chi connectivity index (χ2v) is 9.16. The maximum Gasteiger partial charge on any atom is 0.253 e. The molecule has 0 radical (unpaired) electrons. The normalized spacial score (nSPS) is 23.6. The first kappa shape index (κ1) is 28.9. The number of rotatable bonds is 12. The van der Waals surface area contributed by atoms with Gasteiger partial charge in [0.25, 0.3) is 5.91 Å². The average molecular weight is 524 g/mol. The molecule has 2 aromatic rings. The molecule has 1 saturated heterocycles. The van der Waals surface area contributed by atoms with Crippen LogP contribution in [0.25, 0.3) is 11.1 Å². The number of hydrogen-bond donors (Lipinski definition) is 5. The fraction of sp³-hybridized carbons (Fsp3) is 0.519. The van der Waals surface area contributed by atoms with Gasteiger partial charge >= 0.3 is 0 Å². The lowest BCUT2D eigenvalue weighted by Crippen LogP contribution is -2.63. The molecule has 1 aliphatic rings. The number of aliphatic hydroxyl groups excluding tert-OH is 4. The van der Waals surface area contributed by atoms with Gasteiger partial charge in [0.15, 0.2) is 17.8 Å². The van der Waals surface area contributed by atoms with E-state index in [1.165, 1.54) is 42.8 Å². The summed E-state index contributed by atoms with van der Waals surface area (Å²) < 4.78 is 40.1. The Morgan fingerprint density at radius 1 is 0.919 bits per heavy atom. The van der Waals surface area contributed by atoms with E-state index in [1.807, 2.05) is 0 Å². The molecule has 10 heteroatoms. The van der Waals surface area contributed by atoms with Crippen LogP contribution in [0, 0.1) is 11.6 Å². The number of amides is 1. The lowest BCUT2D eigenvalue weighted by molar-refractivity contribution is -0.233. The van der Waals surface area contributed by atoms with Crippen LogP contribution < -0.4 is 10.1 Å². The van der Waals surface area contributed by atoms with Crippen molar-refractivity contribution in [3.63, 3.8) is 0 Å². The lowest BCUT2D eigenvalue weighted by atomic mass is 9.98. The highest BCUT2D eigenvalue weighted by Gasteiger charge is 2.44. The SMILES string of the molecule is CCCCCCCCOc1ccc(-c2ccc(C(=O)N[C@@H]3O[C@H](CO)[C@@H](O)[C@H](O)[C@@H]3O)cc2)c(F)c1F. The zero-order chi connectivity index (χ0) is 26.9. The van der Waals surface area contributed by atoms with Crippen LogP contribution in [0.15, 0.2) is 36.4 Å². The van der Waals surface area contributed by atoms with E-state index in [1.54, 1.807) is 0 Å². The highest BCUT2D eigenvalue weighted by atomic mass is 19.2. The lowest BCUT2D eigenvalue weighted by Gasteiger charge is -2.40. The van der Waals surface area contributed by atoms with E-state index < -0.39 is 54.8 Å². The Labute approximate surface area is 214 Å². The number of aliphatic hydroxyl groups is 4. The van der Waals surface area contributed by atoms with Crippen LogP contribution in [-0.2, 0) is 4.74 Å². The van der Waals surface area contributed by atoms with Gasteiger partial charge in [-0.15, -0.1) is 0 Å². The Kier molecular flexibility index (Phi) is 10.8. The van der Waals surface area contributed by atoms with Gasteiger partial charge < -0.3 is 35.2 Å². The third-order valence-electron chi connectivity index (χ3n) is 6.43. The molecule has 37 heavy (non-hydrogen) atoms. The van der Waals surface area contributed by atoms with Gasteiger partial charge in [0.05, 0.1) is 13.2 Å². The van der Waals surface area contributed by atoms with Crippen molar-refractivity contribution in [2.45, 2.75) is 76.1 Å². The van der Waals surface area contributed by atoms with Crippen molar-refractivity contribution in [2.24, 2.45) is 0 Å². The van der Waals surface area contributed by atoms with Gasteiger partial charge in [-0.3, -0.25) is 4.79 Å². The number of ether oxygens (including phenoxy) is 2. The van der Waals surface area contributed by atoms with Crippen molar-refractivity contribution < 1.29 is 43.5 Å². The molecular formula is C27H35F2NO7. The first-order valence-electron chi connectivity index (χ1n) is 12.6. The molecule has 0 unspecified atom stereocenters. The Morgan fingerprint density at radius 3 is 2.27 bits per heavy atom. The molecule has 0 bridgehead atoms. The van der Waals surface area contributed by atoms with E-state index in [4.69, 9.17) is 9.47 Å². The topological polar surface area (TPSA) is 128 Å². The fourth-order valence-electron chi connectivity index (χ4n) is 4.17. The molecule has 0 saturated carbocycles. The largest absolute Gasteiger partial charge is 0.490 e. The summed E-state index contributed by atoms with van der Waals surface area (Å²) in [4.78, 5) is 12.6. The standard InChI is InChI=1S/C27H35F2NO7/c1-2-3-4-5-6-7-14-36-19-13-12-18(21(28)22(19)29)16-8-10-17(11-9-16)26(35)30-27-25(34)24(33)23(32)20(15-31)37-27/h8-13,20,23-25,27,31-34H,2-7,14-15H2,1H3,(H,30,35)/t20-,23-,24+,25+,27-/m1/s1. The summed E-state index contributed by atoms with van der Waals surface area (Å²) in [7, 11) is 0. The van der Waals surface area contributed by atoms with Crippen molar-refractivity contribution >= 4 is 5.91 Å². The van der Waals surface area contributed by atoms with E-state index >= 15 is 0 Å². The van der Waals surface area contributed by atoms with Gasteiger partial charge in [-0.2, -0.15) is 4.39 Å². The molecule has 0 spiro atoms. The van der Waals surface area contributed by atoms with Crippen LogP contribution >= 0.6 is 0 Å². The molecule has 5 N–H and O–H groups in total. The molecule has 1 fully saturated rings. The number of halogens is 2. The maximum atomic E-state index is 14.8. The number of unbranched alkanes of at least 4 members (excludes halogenated alkanes) is 5. The monoisotopic (exact) mass is 523 g/mol. The predicted molar refractivity (Wildman–Crippen MR) is 132 cm³/mol. The van der Waals surface area contributed by atoms with E-state index in [-0.39, 0.29) is 16.9 Å². The van der Waals surface area contributed by atoms with Crippen LogP contribution in [-0.4, -0.2) is 70.2 Å². The molecule has 0 aliphatic carbocycles. The van der Waals surface area contributed by atoms with E-state index in [2.05, 4.69) is 12.2 Å². The van der Waals surface area contributed by atoms with E-state index in [0.717, 1.165) is 32.1 Å². The summed E-state index contributed by atoms with van der Waals surface area (Å²) in [6.07, 6.45) is -1.02. The van der Waals surface area contributed by atoms with E-state index in [9.17, 15) is 34.0 Å². The molecule has 1 heterocycles. The minimum absolute atomic E-state index is 0.00491. The number of nitrogens with one attached hydrogen (secondary N) is 1. The molecule has 3 rings (SSSR count). The van der Waals surface area contributed by atoms with Crippen LogP contribution in [0.5, 0.6) is 5.75 Å². The van der Waals surface area contributed by atoms with Crippen molar-refractivity contribution in [1.29, 1.82) is 0 Å². The van der Waals surface area contributed by atoms with Gasteiger partial charge in [0.2, 0.25) is 5.82 Å². The molecule has 1 amide bonds. The van der Waals surface area contributed by atoms with Gasteiger partial charge in [0.1, 0.15) is 24.4 Å². The van der Waals surface area contributed by atoms with Gasteiger partial charge in [-0.1, -0.05) is 51.2 Å². The Morgan fingerprint density at radius 2 is 1.59 bits per heavy atom. The number of benzene rings is 2. The Hall–Kier alpha value is -2.63. The highest BCUT2D eigenvalue weighted by molar-refractivity contribution is 5.94. The van der Waals surface area contributed by atoms with Gasteiger partial charge in [0, 0.05) is 11.1 Å². The molecule has 1 aliphatic heterocycles. The predicted octanol–water partition coefficient (Wildman–Crippen LogP) is 2.90. The zero-order valence-corrected chi connectivity index (χ0v) is 20.8. The second-order valence-electron chi connectivity index (χ2n) is 9.16. The van der Waals surface area contributed by atoms with Crippen LogP contribution in [0.3, 0.4) is 0 Å². The Balaban J connectivity index is 1.60. The first-order chi connectivity index (χ1) is 17.8.